The standard InChI is InChI=1S/C10H16.Al.3H/c1-7-2-9-4-8(1)5-10(3-7)6-9;;;;/h7-10H,1-6H2;;;;. The van der Waals surface area contributed by atoms with Crippen LogP contribution in [0, 0.1) is 23.7 Å². The summed E-state index contributed by atoms with van der Waals surface area (Å²) in [5.74, 6) is 4.71. The van der Waals surface area contributed by atoms with Crippen molar-refractivity contribution in [1.82, 2.24) is 0 Å². The molecule has 62 valence electrons. The zero-order valence-electron chi connectivity index (χ0n) is 6.55. The van der Waals surface area contributed by atoms with Crippen LogP contribution >= 0.6 is 0 Å². The van der Waals surface area contributed by atoms with Gasteiger partial charge >= 0.3 is 0 Å². The van der Waals surface area contributed by atoms with Crippen molar-refractivity contribution in [3.05, 3.63) is 0 Å². The molecule has 0 radical (unpaired) electrons. The maximum atomic E-state index is 1.60. The molecule has 0 atom stereocenters. The van der Waals surface area contributed by atoms with Crippen molar-refractivity contribution in [3.8, 4) is 0 Å². The molecule has 0 aromatic rings. The lowest BCUT2D eigenvalue weighted by atomic mass is 9.56. The van der Waals surface area contributed by atoms with Crippen LogP contribution in [-0.4, -0.2) is 17.4 Å². The predicted molar refractivity (Wildman–Crippen MR) is 51.6 cm³/mol. The lowest BCUT2D eigenvalue weighted by Crippen LogP contribution is -2.38. The molecule has 0 unspecified atom stereocenters. The molecule has 0 aromatic heterocycles. The molecule has 4 aliphatic carbocycles. The summed E-state index contributed by atoms with van der Waals surface area (Å²) in [6, 6.07) is 0. The van der Waals surface area contributed by atoms with Crippen LogP contribution in [-0.2, 0) is 0 Å². The number of hydrogen-bond acceptors (Lipinski definition) is 0. The van der Waals surface area contributed by atoms with E-state index in [4.69, 9.17) is 0 Å². The SMILES string of the molecule is C1C2CC3CC1CC(C2)C3.[AlH3]. The van der Waals surface area contributed by atoms with Gasteiger partial charge < -0.3 is 0 Å². The van der Waals surface area contributed by atoms with Gasteiger partial charge in [0.2, 0.25) is 0 Å². The third kappa shape index (κ3) is 1.27. The predicted octanol–water partition coefficient (Wildman–Crippen LogP) is 1.65. The van der Waals surface area contributed by atoms with E-state index in [1.54, 1.807) is 38.5 Å². The lowest BCUT2D eigenvalue weighted by Gasteiger charge is -2.49. The highest BCUT2D eigenvalue weighted by molar-refractivity contribution is 5.75. The molecule has 0 nitrogen and oxygen atoms in total. The van der Waals surface area contributed by atoms with E-state index in [-0.39, 0.29) is 17.4 Å². The van der Waals surface area contributed by atoms with Crippen LogP contribution in [0.15, 0.2) is 0 Å². The van der Waals surface area contributed by atoms with E-state index in [0.29, 0.717) is 0 Å². The highest BCUT2D eigenvalue weighted by atomic mass is 27.0. The first-order chi connectivity index (χ1) is 4.90. The van der Waals surface area contributed by atoms with Crippen LogP contribution in [0.3, 0.4) is 0 Å². The van der Waals surface area contributed by atoms with Gasteiger partial charge in [-0.1, -0.05) is 0 Å². The van der Waals surface area contributed by atoms with Crippen molar-refractivity contribution >= 4 is 17.4 Å². The first kappa shape index (κ1) is 8.15. The van der Waals surface area contributed by atoms with Gasteiger partial charge in [0.15, 0.2) is 17.4 Å². The maximum absolute atomic E-state index is 1.60. The average Bonchev–Trinajstić information content (AvgIpc) is 1.82. The Morgan fingerprint density at radius 3 is 0.818 bits per heavy atom. The number of hydrogen-bond donors (Lipinski definition) is 0. The summed E-state index contributed by atoms with van der Waals surface area (Å²) >= 11 is 0. The van der Waals surface area contributed by atoms with E-state index in [1.807, 2.05) is 0 Å². The van der Waals surface area contributed by atoms with Gasteiger partial charge in [-0.15, -0.1) is 0 Å². The smallest absolute Gasteiger partial charge is 0.0475 e. The highest BCUT2D eigenvalue weighted by Crippen LogP contribution is 2.53. The molecular weight excluding hydrogens is 147 g/mol. The Morgan fingerprint density at radius 2 is 0.636 bits per heavy atom. The minimum absolute atomic E-state index is 0. The molecule has 0 aliphatic heterocycles. The van der Waals surface area contributed by atoms with Gasteiger partial charge in [0, 0.05) is 0 Å². The molecule has 0 N–H and O–H groups in total. The van der Waals surface area contributed by atoms with Gasteiger partial charge in [0.05, 0.1) is 0 Å². The fourth-order valence-corrected chi connectivity index (χ4v) is 3.98. The minimum Gasteiger partial charge on any atom is -0.0475 e. The Bertz CT molecular complexity index is 96.4. The van der Waals surface area contributed by atoms with Crippen molar-refractivity contribution in [1.29, 1.82) is 0 Å². The second kappa shape index (κ2) is 2.79. The zero-order chi connectivity index (χ0) is 6.55. The van der Waals surface area contributed by atoms with Crippen LogP contribution in [0.25, 0.3) is 0 Å². The number of rotatable bonds is 0. The molecular formula is C10H19Al. The van der Waals surface area contributed by atoms with Gasteiger partial charge in [-0.05, 0) is 62.2 Å². The fraction of sp³-hybridized carbons (Fsp3) is 1.00. The molecule has 0 saturated heterocycles. The normalized spacial score (nSPS) is 52.4. The average molecular weight is 166 g/mol. The molecule has 11 heavy (non-hydrogen) atoms. The van der Waals surface area contributed by atoms with Crippen LogP contribution in [0.4, 0.5) is 0 Å². The second-order valence-corrected chi connectivity index (χ2v) is 4.88. The van der Waals surface area contributed by atoms with Gasteiger partial charge in [-0.2, -0.15) is 0 Å². The zero-order valence-corrected chi connectivity index (χ0v) is 6.55. The van der Waals surface area contributed by atoms with E-state index in [9.17, 15) is 0 Å². The Hall–Kier alpha value is 0.532. The third-order valence-corrected chi connectivity index (χ3v) is 4.00. The molecule has 0 heterocycles. The minimum atomic E-state index is 0. The lowest BCUT2D eigenvalue weighted by molar-refractivity contribution is 0.0198. The fourth-order valence-electron chi connectivity index (χ4n) is 3.98. The van der Waals surface area contributed by atoms with E-state index in [0.717, 1.165) is 0 Å². The van der Waals surface area contributed by atoms with Crippen molar-refractivity contribution in [2.24, 2.45) is 23.7 Å². The first-order valence-corrected chi connectivity index (χ1v) is 4.90. The van der Waals surface area contributed by atoms with Crippen LogP contribution in [0.1, 0.15) is 38.5 Å². The van der Waals surface area contributed by atoms with Gasteiger partial charge in [-0.3, -0.25) is 0 Å². The van der Waals surface area contributed by atoms with Crippen molar-refractivity contribution < 1.29 is 0 Å². The van der Waals surface area contributed by atoms with Crippen molar-refractivity contribution in [3.63, 3.8) is 0 Å². The largest absolute Gasteiger partial charge is 0.187 e. The molecule has 4 bridgehead atoms. The summed E-state index contributed by atoms with van der Waals surface area (Å²) in [6.45, 7) is 0. The molecule has 4 aliphatic rings. The molecule has 0 spiro atoms. The Balaban J connectivity index is 0.000000480. The summed E-state index contributed by atoms with van der Waals surface area (Å²) in [6.07, 6.45) is 9.62. The van der Waals surface area contributed by atoms with E-state index in [2.05, 4.69) is 0 Å². The Labute approximate surface area is 79.9 Å². The van der Waals surface area contributed by atoms with Crippen LogP contribution in [0.2, 0.25) is 0 Å². The van der Waals surface area contributed by atoms with Crippen molar-refractivity contribution in [2.75, 3.05) is 0 Å². The van der Waals surface area contributed by atoms with E-state index < -0.39 is 0 Å². The van der Waals surface area contributed by atoms with Crippen molar-refractivity contribution in [2.45, 2.75) is 38.5 Å². The van der Waals surface area contributed by atoms with E-state index >= 15 is 0 Å². The van der Waals surface area contributed by atoms with Gasteiger partial charge in [-0.25, -0.2) is 0 Å². The Morgan fingerprint density at radius 1 is 0.455 bits per heavy atom. The molecule has 4 fully saturated rings. The summed E-state index contributed by atoms with van der Waals surface area (Å²) in [7, 11) is 0. The topological polar surface area (TPSA) is 0 Å². The Kier molecular flexibility index (Phi) is 2.06. The van der Waals surface area contributed by atoms with Gasteiger partial charge in [0.25, 0.3) is 0 Å². The van der Waals surface area contributed by atoms with Gasteiger partial charge in [0.1, 0.15) is 0 Å². The summed E-state index contributed by atoms with van der Waals surface area (Å²) < 4.78 is 0. The highest BCUT2D eigenvalue weighted by Gasteiger charge is 2.41. The van der Waals surface area contributed by atoms with Crippen LogP contribution < -0.4 is 0 Å². The summed E-state index contributed by atoms with van der Waals surface area (Å²) in [5.41, 5.74) is 0. The third-order valence-electron chi connectivity index (χ3n) is 4.00. The molecule has 4 rings (SSSR count). The van der Waals surface area contributed by atoms with E-state index in [1.165, 1.54) is 23.7 Å². The molecule has 1 heteroatoms. The summed E-state index contributed by atoms with van der Waals surface area (Å²) in [5, 5.41) is 0. The monoisotopic (exact) mass is 166 g/mol. The first-order valence-electron chi connectivity index (χ1n) is 4.90. The van der Waals surface area contributed by atoms with Crippen LogP contribution in [0.5, 0.6) is 0 Å². The molecule has 0 amide bonds. The molecule has 0 aromatic carbocycles. The maximum Gasteiger partial charge on any atom is 0.187 e. The quantitative estimate of drug-likeness (QED) is 0.480. The molecule has 4 saturated carbocycles. The second-order valence-electron chi connectivity index (χ2n) is 4.88. The summed E-state index contributed by atoms with van der Waals surface area (Å²) in [4.78, 5) is 0.